The molecule has 10 heteroatoms. The Kier molecular flexibility index (Phi) is 8.62. The topological polar surface area (TPSA) is 106 Å². The number of hydrogen-bond donors (Lipinski definition) is 1. The van der Waals surface area contributed by atoms with Crippen LogP contribution in [0.15, 0.2) is 29.2 Å². The van der Waals surface area contributed by atoms with Gasteiger partial charge in [0.2, 0.25) is 15.9 Å². The molecule has 1 aromatic rings. The molecule has 176 valence electrons. The van der Waals surface area contributed by atoms with Crippen molar-refractivity contribution in [2.75, 3.05) is 58.9 Å². The molecule has 1 amide bonds. The molecule has 1 aromatic carbocycles. The van der Waals surface area contributed by atoms with Crippen LogP contribution in [0.2, 0.25) is 0 Å². The standard InChI is InChI=1S/C22H33N5O4S/c1-18-15-26(16-19(2)31-18)9-3-8-24-22(28)17-25-10-12-27(13-11-25)32(29,30)21-6-4-20(14-23)5-7-21/h4-7,18-19H,3,8-13,15-17H2,1-2H3,(H,24,28)/t18-,19+. The third kappa shape index (κ3) is 6.73. The molecule has 1 N–H and O–H groups in total. The SMILES string of the molecule is C[C@@H]1CN(CCCNC(=O)CN2CCN(S(=O)(=O)c3ccc(C#N)cc3)CC2)C[C@H](C)O1. The summed E-state index contributed by atoms with van der Waals surface area (Å²) < 4.78 is 32.8. The van der Waals surface area contributed by atoms with Crippen LogP contribution >= 0.6 is 0 Å². The smallest absolute Gasteiger partial charge is 0.243 e. The van der Waals surface area contributed by atoms with Gasteiger partial charge in [0.1, 0.15) is 0 Å². The van der Waals surface area contributed by atoms with Gasteiger partial charge in [-0.3, -0.25) is 14.6 Å². The first kappa shape index (κ1) is 24.6. The van der Waals surface area contributed by atoms with Crippen molar-refractivity contribution < 1.29 is 17.9 Å². The molecule has 2 atom stereocenters. The second kappa shape index (κ2) is 11.2. The fraction of sp³-hybridized carbons (Fsp3) is 0.636. The van der Waals surface area contributed by atoms with Gasteiger partial charge in [0.15, 0.2) is 0 Å². The predicted molar refractivity (Wildman–Crippen MR) is 120 cm³/mol. The third-order valence-corrected chi connectivity index (χ3v) is 7.70. The number of nitriles is 1. The van der Waals surface area contributed by atoms with Gasteiger partial charge in [0.25, 0.3) is 0 Å². The molecule has 2 heterocycles. The Morgan fingerprint density at radius 1 is 1.09 bits per heavy atom. The number of rotatable bonds is 8. The van der Waals surface area contributed by atoms with E-state index in [2.05, 4.69) is 24.1 Å². The molecule has 2 saturated heterocycles. The highest BCUT2D eigenvalue weighted by molar-refractivity contribution is 7.89. The Hall–Kier alpha value is -2.03. The normalized spacial score (nSPS) is 23.5. The van der Waals surface area contributed by atoms with Gasteiger partial charge in [-0.05, 0) is 44.5 Å². The van der Waals surface area contributed by atoms with Crippen molar-refractivity contribution in [3.05, 3.63) is 29.8 Å². The summed E-state index contributed by atoms with van der Waals surface area (Å²) in [5.74, 6) is -0.0305. The van der Waals surface area contributed by atoms with Crippen LogP contribution in [0.3, 0.4) is 0 Å². The molecule has 32 heavy (non-hydrogen) atoms. The van der Waals surface area contributed by atoms with Crippen LogP contribution in [-0.4, -0.2) is 99.5 Å². The lowest BCUT2D eigenvalue weighted by atomic mass is 10.2. The molecular weight excluding hydrogens is 430 g/mol. The average Bonchev–Trinajstić information content (AvgIpc) is 2.76. The minimum atomic E-state index is -3.59. The number of morpholine rings is 1. The summed E-state index contributed by atoms with van der Waals surface area (Å²) in [5, 5.41) is 11.8. The van der Waals surface area contributed by atoms with E-state index in [1.807, 2.05) is 11.0 Å². The molecule has 0 spiro atoms. The zero-order valence-corrected chi connectivity index (χ0v) is 19.7. The van der Waals surface area contributed by atoms with Crippen LogP contribution in [0.5, 0.6) is 0 Å². The van der Waals surface area contributed by atoms with E-state index < -0.39 is 10.0 Å². The maximum Gasteiger partial charge on any atom is 0.243 e. The van der Waals surface area contributed by atoms with Crippen molar-refractivity contribution in [3.8, 4) is 6.07 Å². The molecule has 0 bridgehead atoms. The number of sulfonamides is 1. The lowest BCUT2D eigenvalue weighted by Crippen LogP contribution is -2.51. The number of amides is 1. The van der Waals surface area contributed by atoms with Crippen LogP contribution in [-0.2, 0) is 19.6 Å². The molecule has 2 fully saturated rings. The van der Waals surface area contributed by atoms with Gasteiger partial charge in [-0.2, -0.15) is 9.57 Å². The Morgan fingerprint density at radius 3 is 2.31 bits per heavy atom. The van der Waals surface area contributed by atoms with Crippen LogP contribution < -0.4 is 5.32 Å². The quantitative estimate of drug-likeness (QED) is 0.559. The second-order valence-electron chi connectivity index (χ2n) is 8.54. The molecule has 0 unspecified atom stereocenters. The Balaban J connectivity index is 1.36. The number of piperazine rings is 1. The van der Waals surface area contributed by atoms with Crippen LogP contribution in [0.1, 0.15) is 25.8 Å². The molecule has 2 aliphatic rings. The Bertz CT molecular complexity index is 897. The largest absolute Gasteiger partial charge is 0.373 e. The predicted octanol–water partition coefficient (Wildman–Crippen LogP) is 0.480. The van der Waals surface area contributed by atoms with Crippen LogP contribution in [0.25, 0.3) is 0 Å². The van der Waals surface area contributed by atoms with Crippen LogP contribution in [0, 0.1) is 11.3 Å². The van der Waals surface area contributed by atoms with E-state index in [1.165, 1.54) is 28.6 Å². The summed E-state index contributed by atoms with van der Waals surface area (Å²) in [6.45, 7) is 9.54. The highest BCUT2D eigenvalue weighted by Crippen LogP contribution is 2.18. The summed E-state index contributed by atoms with van der Waals surface area (Å²) in [4.78, 5) is 16.8. The highest BCUT2D eigenvalue weighted by atomic mass is 32.2. The summed E-state index contributed by atoms with van der Waals surface area (Å²) in [7, 11) is -3.59. The van der Waals surface area contributed by atoms with Gasteiger partial charge in [-0.25, -0.2) is 8.42 Å². The van der Waals surface area contributed by atoms with Gasteiger partial charge in [0, 0.05) is 52.4 Å². The van der Waals surface area contributed by atoms with Gasteiger partial charge in [-0.15, -0.1) is 0 Å². The van der Waals surface area contributed by atoms with Crippen molar-refractivity contribution in [1.82, 2.24) is 19.4 Å². The summed E-state index contributed by atoms with van der Waals surface area (Å²) in [5.41, 5.74) is 0.425. The Morgan fingerprint density at radius 2 is 1.72 bits per heavy atom. The minimum absolute atomic E-state index is 0.0305. The summed E-state index contributed by atoms with van der Waals surface area (Å²) in [6.07, 6.45) is 1.38. The number of carbonyl (C=O) groups is 1. The number of carbonyl (C=O) groups excluding carboxylic acids is 1. The van der Waals surface area contributed by atoms with E-state index >= 15 is 0 Å². The van der Waals surface area contributed by atoms with Crippen molar-refractivity contribution in [2.24, 2.45) is 0 Å². The number of ether oxygens (including phenoxy) is 1. The van der Waals surface area contributed by atoms with Crippen molar-refractivity contribution in [1.29, 1.82) is 5.26 Å². The van der Waals surface area contributed by atoms with E-state index in [0.717, 1.165) is 26.1 Å². The summed E-state index contributed by atoms with van der Waals surface area (Å²) in [6, 6.07) is 7.93. The van der Waals surface area contributed by atoms with Crippen LogP contribution in [0.4, 0.5) is 0 Å². The van der Waals surface area contributed by atoms with E-state index in [9.17, 15) is 13.2 Å². The Labute approximate surface area is 191 Å². The first-order valence-electron chi connectivity index (χ1n) is 11.1. The fourth-order valence-corrected chi connectivity index (χ4v) is 5.66. The van der Waals surface area contributed by atoms with Gasteiger partial charge >= 0.3 is 0 Å². The molecule has 0 saturated carbocycles. The molecule has 9 nitrogen and oxygen atoms in total. The van der Waals surface area contributed by atoms with E-state index in [1.54, 1.807) is 0 Å². The zero-order chi connectivity index (χ0) is 23.1. The monoisotopic (exact) mass is 463 g/mol. The van der Waals surface area contributed by atoms with Crippen molar-refractivity contribution >= 4 is 15.9 Å². The maximum absolute atomic E-state index is 12.8. The molecule has 3 rings (SSSR count). The average molecular weight is 464 g/mol. The zero-order valence-electron chi connectivity index (χ0n) is 18.9. The molecule has 2 aliphatic heterocycles. The summed E-state index contributed by atoms with van der Waals surface area (Å²) >= 11 is 0. The molecule has 0 aliphatic carbocycles. The third-order valence-electron chi connectivity index (χ3n) is 5.79. The first-order chi connectivity index (χ1) is 15.3. The van der Waals surface area contributed by atoms with Crippen molar-refractivity contribution in [3.63, 3.8) is 0 Å². The van der Waals surface area contributed by atoms with E-state index in [-0.39, 0.29) is 29.6 Å². The fourth-order valence-electron chi connectivity index (χ4n) is 4.23. The molecule has 0 aromatic heterocycles. The lowest BCUT2D eigenvalue weighted by molar-refractivity contribution is -0.122. The maximum atomic E-state index is 12.8. The minimum Gasteiger partial charge on any atom is -0.373 e. The van der Waals surface area contributed by atoms with Crippen molar-refractivity contribution in [2.45, 2.75) is 37.4 Å². The van der Waals surface area contributed by atoms with E-state index in [0.29, 0.717) is 38.3 Å². The van der Waals surface area contributed by atoms with Gasteiger partial charge < -0.3 is 10.1 Å². The first-order valence-corrected chi connectivity index (χ1v) is 12.6. The molecule has 0 radical (unpaired) electrons. The van der Waals surface area contributed by atoms with Gasteiger partial charge in [-0.1, -0.05) is 0 Å². The number of nitrogens with one attached hydrogen (secondary N) is 1. The number of nitrogens with zero attached hydrogens (tertiary/aromatic N) is 4. The number of benzene rings is 1. The number of hydrogen-bond acceptors (Lipinski definition) is 7. The van der Waals surface area contributed by atoms with Gasteiger partial charge in [0.05, 0.1) is 35.3 Å². The van der Waals surface area contributed by atoms with E-state index in [4.69, 9.17) is 10.00 Å². The second-order valence-corrected chi connectivity index (χ2v) is 10.5. The highest BCUT2D eigenvalue weighted by Gasteiger charge is 2.29. The lowest BCUT2D eigenvalue weighted by Gasteiger charge is -2.35. The molecular formula is C22H33N5O4S.